The number of halogens is 2. The Hall–Kier alpha value is -2.41. The third-order valence-electron chi connectivity index (χ3n) is 7.36. The molecule has 6 rings (SSSR count). The van der Waals surface area contributed by atoms with Crippen LogP contribution in [-0.2, 0) is 19.9 Å². The van der Waals surface area contributed by atoms with Crippen LogP contribution in [0.4, 0.5) is 11.4 Å². The molecule has 4 heterocycles. The quantitative estimate of drug-likeness (QED) is 0.665. The molecule has 4 aliphatic heterocycles. The largest absolute Gasteiger partial charge is 0.324 e. The Morgan fingerprint density at radius 1 is 1.10 bits per heavy atom. The van der Waals surface area contributed by atoms with Crippen LogP contribution in [0.3, 0.4) is 0 Å². The minimum absolute atomic E-state index is 0.176. The normalized spacial score (nSPS) is 31.4. The Bertz CT molecular complexity index is 1200. The zero-order valence-corrected chi connectivity index (χ0v) is 18.2. The smallest absolute Gasteiger partial charge is 0.250 e. The molecule has 3 fully saturated rings. The van der Waals surface area contributed by atoms with E-state index in [0.717, 1.165) is 18.4 Å². The number of imide groups is 1. The van der Waals surface area contributed by atoms with Crippen molar-refractivity contribution in [2.45, 2.75) is 31.3 Å². The van der Waals surface area contributed by atoms with Gasteiger partial charge in [0.05, 0.1) is 22.5 Å². The first kappa shape index (κ1) is 19.3. The van der Waals surface area contributed by atoms with Crippen molar-refractivity contribution in [3.63, 3.8) is 0 Å². The van der Waals surface area contributed by atoms with Crippen LogP contribution in [0.25, 0.3) is 0 Å². The predicted molar refractivity (Wildman–Crippen MR) is 117 cm³/mol. The highest BCUT2D eigenvalue weighted by Crippen LogP contribution is 2.61. The molecular formula is C23H19Cl2N3O3. The van der Waals surface area contributed by atoms with Gasteiger partial charge in [-0.05, 0) is 56.1 Å². The van der Waals surface area contributed by atoms with Gasteiger partial charge in [0, 0.05) is 22.3 Å². The van der Waals surface area contributed by atoms with Gasteiger partial charge >= 0.3 is 0 Å². The van der Waals surface area contributed by atoms with Crippen molar-refractivity contribution < 1.29 is 14.4 Å². The predicted octanol–water partition coefficient (Wildman–Crippen LogP) is 3.73. The second-order valence-electron chi connectivity index (χ2n) is 8.74. The number of nitrogens with zero attached hydrogens (tertiary/aromatic N) is 2. The lowest BCUT2D eigenvalue weighted by atomic mass is 9.75. The zero-order chi connectivity index (χ0) is 21.7. The molecule has 4 unspecified atom stereocenters. The molecule has 0 saturated carbocycles. The van der Waals surface area contributed by atoms with E-state index in [1.807, 2.05) is 6.92 Å². The van der Waals surface area contributed by atoms with E-state index in [9.17, 15) is 14.4 Å². The van der Waals surface area contributed by atoms with Gasteiger partial charge in [0.2, 0.25) is 17.7 Å². The van der Waals surface area contributed by atoms with Crippen molar-refractivity contribution in [2.75, 3.05) is 16.8 Å². The third-order valence-corrected chi connectivity index (χ3v) is 7.89. The molecule has 6 nitrogen and oxygen atoms in total. The van der Waals surface area contributed by atoms with Crippen molar-refractivity contribution in [3.05, 3.63) is 57.6 Å². The maximum absolute atomic E-state index is 13.9. The molecule has 2 aromatic carbocycles. The van der Waals surface area contributed by atoms with Gasteiger partial charge in [0.25, 0.3) is 0 Å². The summed E-state index contributed by atoms with van der Waals surface area (Å²) in [4.78, 5) is 44.5. The SMILES string of the molecule is Cc1cc(Cl)cc2c1NC(=O)C21C2C(=O)N(c3ccccc3Cl)C(=O)C2C2CCCN21. The van der Waals surface area contributed by atoms with E-state index in [-0.39, 0.29) is 23.8 Å². The lowest BCUT2D eigenvalue weighted by molar-refractivity contribution is -0.135. The number of aryl methyl sites for hydroxylation is 1. The summed E-state index contributed by atoms with van der Waals surface area (Å²) >= 11 is 12.7. The molecule has 3 saturated heterocycles. The summed E-state index contributed by atoms with van der Waals surface area (Å²) in [6.45, 7) is 2.54. The van der Waals surface area contributed by atoms with E-state index in [1.54, 1.807) is 36.4 Å². The van der Waals surface area contributed by atoms with Gasteiger partial charge in [-0.2, -0.15) is 0 Å². The molecule has 3 amide bonds. The van der Waals surface area contributed by atoms with E-state index in [1.165, 1.54) is 4.90 Å². The van der Waals surface area contributed by atoms with Crippen molar-refractivity contribution in [1.82, 2.24) is 4.90 Å². The molecule has 31 heavy (non-hydrogen) atoms. The first-order chi connectivity index (χ1) is 14.9. The highest BCUT2D eigenvalue weighted by atomic mass is 35.5. The standard InChI is InChI=1S/C23H19Cl2N3O3/c1-11-9-12(24)10-13-19(11)26-22(31)23(13)18-17(16-7-4-8-27(16)23)20(29)28(21(18)30)15-6-3-2-5-14(15)25/h2-3,5-6,9-10,16-18H,4,7-8H2,1H3,(H,26,31). The van der Waals surface area contributed by atoms with Crippen LogP contribution in [0.15, 0.2) is 36.4 Å². The fourth-order valence-corrected chi connectivity index (χ4v) is 6.80. The summed E-state index contributed by atoms with van der Waals surface area (Å²) in [5, 5.41) is 3.84. The molecule has 0 radical (unpaired) electrons. The van der Waals surface area contributed by atoms with E-state index in [0.29, 0.717) is 33.5 Å². The molecule has 1 spiro atoms. The lowest BCUT2D eigenvalue weighted by Gasteiger charge is -2.36. The topological polar surface area (TPSA) is 69.7 Å². The van der Waals surface area contributed by atoms with Gasteiger partial charge in [0.1, 0.15) is 5.54 Å². The Labute approximate surface area is 189 Å². The molecule has 1 N–H and O–H groups in total. The van der Waals surface area contributed by atoms with Crippen LogP contribution in [-0.4, -0.2) is 35.2 Å². The van der Waals surface area contributed by atoms with E-state index in [2.05, 4.69) is 10.2 Å². The Balaban J connectivity index is 1.60. The number of rotatable bonds is 1. The van der Waals surface area contributed by atoms with Crippen LogP contribution < -0.4 is 10.2 Å². The van der Waals surface area contributed by atoms with Crippen LogP contribution in [0, 0.1) is 18.8 Å². The van der Waals surface area contributed by atoms with Crippen molar-refractivity contribution >= 4 is 52.3 Å². The number of benzene rings is 2. The number of fused-ring (bicyclic) bond motifs is 7. The number of carbonyl (C=O) groups is 3. The van der Waals surface area contributed by atoms with Gasteiger partial charge in [-0.1, -0.05) is 35.3 Å². The van der Waals surface area contributed by atoms with Gasteiger partial charge in [-0.25, -0.2) is 4.90 Å². The number of anilines is 2. The summed E-state index contributed by atoms with van der Waals surface area (Å²) in [5.74, 6) is -2.33. The van der Waals surface area contributed by atoms with Gasteiger partial charge in [0.15, 0.2) is 0 Å². The summed E-state index contributed by atoms with van der Waals surface area (Å²) in [5.41, 5.74) is 1.36. The molecular weight excluding hydrogens is 437 g/mol. The highest BCUT2D eigenvalue weighted by Gasteiger charge is 2.74. The summed E-state index contributed by atoms with van der Waals surface area (Å²) in [6, 6.07) is 10.2. The third kappa shape index (κ3) is 2.20. The monoisotopic (exact) mass is 455 g/mol. The maximum atomic E-state index is 13.9. The van der Waals surface area contributed by atoms with Crippen molar-refractivity contribution in [2.24, 2.45) is 11.8 Å². The number of hydrogen-bond acceptors (Lipinski definition) is 4. The zero-order valence-electron chi connectivity index (χ0n) is 16.7. The fraction of sp³-hybridized carbons (Fsp3) is 0.348. The summed E-state index contributed by atoms with van der Waals surface area (Å²) in [6.07, 6.45) is 1.63. The molecule has 0 aromatic heterocycles. The first-order valence-electron chi connectivity index (χ1n) is 10.4. The second kappa shape index (κ2) is 6.31. The lowest BCUT2D eigenvalue weighted by Crippen LogP contribution is -2.54. The minimum atomic E-state index is -1.24. The molecule has 2 aromatic rings. The molecule has 8 heteroatoms. The summed E-state index contributed by atoms with van der Waals surface area (Å²) in [7, 11) is 0. The van der Waals surface area contributed by atoms with E-state index >= 15 is 0 Å². The number of carbonyl (C=O) groups excluding carboxylic acids is 3. The molecule has 0 bridgehead atoms. The molecule has 4 atom stereocenters. The van der Waals surface area contributed by atoms with Crippen molar-refractivity contribution in [3.8, 4) is 0 Å². The van der Waals surface area contributed by atoms with E-state index in [4.69, 9.17) is 23.2 Å². The Morgan fingerprint density at radius 3 is 2.65 bits per heavy atom. The summed E-state index contributed by atoms with van der Waals surface area (Å²) < 4.78 is 0. The number of nitrogens with one attached hydrogen (secondary N) is 1. The molecule has 158 valence electrons. The number of para-hydroxylation sites is 1. The fourth-order valence-electron chi connectivity index (χ4n) is 6.31. The maximum Gasteiger partial charge on any atom is 0.250 e. The highest BCUT2D eigenvalue weighted by molar-refractivity contribution is 6.36. The Kier molecular flexibility index (Phi) is 3.93. The van der Waals surface area contributed by atoms with Gasteiger partial charge < -0.3 is 5.32 Å². The average Bonchev–Trinajstić information content (AvgIpc) is 3.42. The van der Waals surface area contributed by atoms with Gasteiger partial charge in [-0.3, -0.25) is 19.3 Å². The Morgan fingerprint density at radius 2 is 1.87 bits per heavy atom. The van der Waals surface area contributed by atoms with Crippen LogP contribution >= 0.6 is 23.2 Å². The number of hydrogen-bond donors (Lipinski definition) is 1. The minimum Gasteiger partial charge on any atom is -0.324 e. The number of amides is 3. The van der Waals surface area contributed by atoms with Crippen LogP contribution in [0.2, 0.25) is 10.0 Å². The molecule has 4 aliphatic rings. The van der Waals surface area contributed by atoms with Crippen LogP contribution in [0.1, 0.15) is 24.0 Å². The van der Waals surface area contributed by atoms with E-state index < -0.39 is 17.4 Å². The first-order valence-corrected chi connectivity index (χ1v) is 11.1. The van der Waals surface area contributed by atoms with Crippen LogP contribution in [0.5, 0.6) is 0 Å². The average molecular weight is 456 g/mol. The molecule has 0 aliphatic carbocycles. The van der Waals surface area contributed by atoms with Crippen molar-refractivity contribution in [1.29, 1.82) is 0 Å². The second-order valence-corrected chi connectivity index (χ2v) is 9.58. The van der Waals surface area contributed by atoms with Gasteiger partial charge in [-0.15, -0.1) is 0 Å².